The fourth-order valence-electron chi connectivity index (χ4n) is 1.29. The maximum atomic E-state index is 10.4. The summed E-state index contributed by atoms with van der Waals surface area (Å²) in [6, 6.07) is 4.68. The van der Waals surface area contributed by atoms with Crippen molar-refractivity contribution in [1.82, 2.24) is 4.98 Å². The highest BCUT2D eigenvalue weighted by Gasteiger charge is 2.11. The van der Waals surface area contributed by atoms with Gasteiger partial charge in [-0.1, -0.05) is 0 Å². The molecule has 0 bridgehead atoms. The Balaban J connectivity index is 0.000000980. The fraction of sp³-hybridized carbons (Fsp3) is 0.125. The van der Waals surface area contributed by atoms with Gasteiger partial charge in [-0.15, -0.1) is 0 Å². The first-order valence-corrected chi connectivity index (χ1v) is 3.83. The topological polar surface area (TPSA) is 73.1 Å². The van der Waals surface area contributed by atoms with E-state index in [0.717, 1.165) is 16.9 Å². The van der Waals surface area contributed by atoms with Crippen LogP contribution in [0.2, 0.25) is 0 Å². The van der Waals surface area contributed by atoms with Crippen molar-refractivity contribution in [2.24, 2.45) is 0 Å². The van der Waals surface area contributed by atoms with Crippen LogP contribution in [0, 0.1) is 17.0 Å². The number of nitro groups is 1. The van der Waals surface area contributed by atoms with E-state index in [2.05, 4.69) is 9.97 Å². The summed E-state index contributed by atoms with van der Waals surface area (Å²) in [4.78, 5) is 16.1. The minimum Gasteiger partial charge on any atom is -1.00 e. The third-order valence-corrected chi connectivity index (χ3v) is 1.86. The minimum absolute atomic E-state index is 0. The summed E-state index contributed by atoms with van der Waals surface area (Å²) in [5.74, 6) is 0.885. The van der Waals surface area contributed by atoms with E-state index in [-0.39, 0.29) is 18.1 Å². The first kappa shape index (κ1) is 10.5. The van der Waals surface area contributed by atoms with Crippen LogP contribution in [0.4, 0.5) is 5.69 Å². The lowest BCUT2D eigenvalue weighted by atomic mass is 10.3. The number of nitro benzene ring substituents is 1. The number of hydrogen-bond donors (Lipinski definition) is 1. The fourth-order valence-corrected chi connectivity index (χ4v) is 1.29. The smallest absolute Gasteiger partial charge is 0.273 e. The van der Waals surface area contributed by atoms with Gasteiger partial charge in [0.25, 0.3) is 5.69 Å². The van der Waals surface area contributed by atoms with E-state index in [1.807, 2.05) is 6.92 Å². The van der Waals surface area contributed by atoms with E-state index in [0.29, 0.717) is 0 Å². The number of non-ortho nitro benzene ring substituents is 1. The number of aryl methyl sites for hydroxylation is 1. The van der Waals surface area contributed by atoms with Crippen LogP contribution in [0.15, 0.2) is 18.2 Å². The molecular weight excluding hydrogens is 206 g/mol. The number of benzene rings is 1. The Kier molecular flexibility index (Phi) is 2.71. The molecule has 2 aromatic rings. The number of hydrogen-bond acceptors (Lipinski definition) is 2. The van der Waals surface area contributed by atoms with E-state index in [1.54, 1.807) is 6.07 Å². The molecule has 1 aromatic heterocycles. The summed E-state index contributed by atoms with van der Waals surface area (Å²) >= 11 is 0. The van der Waals surface area contributed by atoms with Gasteiger partial charge in [-0.3, -0.25) is 10.1 Å². The normalized spacial score (nSPS) is 9.79. The lowest BCUT2D eigenvalue weighted by Crippen LogP contribution is -3.00. The van der Waals surface area contributed by atoms with Crippen LogP contribution in [-0.2, 0) is 0 Å². The number of aromatic nitrogens is 2. The van der Waals surface area contributed by atoms with Gasteiger partial charge >= 0.3 is 0 Å². The highest BCUT2D eigenvalue weighted by Crippen LogP contribution is 2.16. The average Bonchev–Trinajstić information content (AvgIpc) is 2.42. The molecule has 0 radical (unpaired) electrons. The molecule has 1 heterocycles. The molecule has 74 valence electrons. The van der Waals surface area contributed by atoms with Gasteiger partial charge in [0.2, 0.25) is 5.82 Å². The van der Waals surface area contributed by atoms with Gasteiger partial charge in [-0.25, -0.2) is 9.97 Å². The maximum absolute atomic E-state index is 10.4. The number of halogens is 1. The molecule has 2 N–H and O–H groups in total. The maximum Gasteiger partial charge on any atom is 0.273 e. The SMILES string of the molecule is Cc1[nH]c2cc([N+](=O)[O-])ccc2[nH+]1.[Cl-]. The number of H-pyrrole nitrogens is 2. The van der Waals surface area contributed by atoms with E-state index in [4.69, 9.17) is 0 Å². The summed E-state index contributed by atoms with van der Waals surface area (Å²) in [5, 5.41) is 10.4. The molecule has 5 nitrogen and oxygen atoms in total. The lowest BCUT2D eigenvalue weighted by molar-refractivity contribution is -0.385. The zero-order valence-corrected chi connectivity index (χ0v) is 8.13. The lowest BCUT2D eigenvalue weighted by Gasteiger charge is -1.86. The van der Waals surface area contributed by atoms with Crippen LogP contribution >= 0.6 is 0 Å². The van der Waals surface area contributed by atoms with Gasteiger partial charge < -0.3 is 12.4 Å². The molecule has 0 spiro atoms. The molecule has 0 amide bonds. The second kappa shape index (κ2) is 3.63. The molecule has 14 heavy (non-hydrogen) atoms. The number of imidazole rings is 1. The van der Waals surface area contributed by atoms with Gasteiger partial charge in [-0.05, 0) is 6.07 Å². The van der Waals surface area contributed by atoms with Crippen molar-refractivity contribution in [3.63, 3.8) is 0 Å². The molecule has 0 saturated heterocycles. The molecule has 0 aliphatic heterocycles. The quantitative estimate of drug-likeness (QED) is 0.449. The van der Waals surface area contributed by atoms with Gasteiger partial charge in [0, 0.05) is 13.0 Å². The first-order valence-electron chi connectivity index (χ1n) is 3.83. The molecule has 0 aliphatic rings. The van der Waals surface area contributed by atoms with Crippen molar-refractivity contribution in [1.29, 1.82) is 0 Å². The van der Waals surface area contributed by atoms with Gasteiger partial charge in [0.1, 0.15) is 0 Å². The number of nitrogens with zero attached hydrogens (tertiary/aromatic N) is 1. The standard InChI is InChI=1S/C8H7N3O2.ClH/c1-5-9-7-3-2-6(11(12)13)4-8(7)10-5;/h2-4H,1H3,(H,9,10);1H. The van der Waals surface area contributed by atoms with Gasteiger partial charge in [0.15, 0.2) is 11.0 Å². The summed E-state index contributed by atoms with van der Waals surface area (Å²) in [6.45, 7) is 1.87. The van der Waals surface area contributed by atoms with Crippen LogP contribution in [0.25, 0.3) is 11.0 Å². The van der Waals surface area contributed by atoms with Crippen molar-refractivity contribution in [3.05, 3.63) is 34.1 Å². The summed E-state index contributed by atoms with van der Waals surface area (Å²) < 4.78 is 0. The monoisotopic (exact) mass is 213 g/mol. The summed E-state index contributed by atoms with van der Waals surface area (Å²) in [7, 11) is 0. The second-order valence-corrected chi connectivity index (χ2v) is 2.86. The zero-order chi connectivity index (χ0) is 9.42. The highest BCUT2D eigenvalue weighted by atomic mass is 35.5. The Morgan fingerprint density at radius 2 is 2.21 bits per heavy atom. The molecule has 2 rings (SSSR count). The average molecular weight is 214 g/mol. The highest BCUT2D eigenvalue weighted by molar-refractivity contribution is 5.74. The van der Waals surface area contributed by atoms with Crippen LogP contribution in [-0.4, -0.2) is 9.91 Å². The van der Waals surface area contributed by atoms with Gasteiger partial charge in [0.05, 0.1) is 11.0 Å². The Hall–Kier alpha value is -1.62. The van der Waals surface area contributed by atoms with Crippen LogP contribution in [0.3, 0.4) is 0 Å². The Labute approximate surface area is 85.7 Å². The molecule has 6 heteroatoms. The number of rotatable bonds is 1. The summed E-state index contributed by atoms with van der Waals surface area (Å²) in [6.07, 6.45) is 0. The number of fused-ring (bicyclic) bond motifs is 1. The Morgan fingerprint density at radius 1 is 1.50 bits per heavy atom. The second-order valence-electron chi connectivity index (χ2n) is 2.86. The predicted octanol–water partition coefficient (Wildman–Crippen LogP) is -1.80. The Bertz CT molecular complexity index is 480. The molecule has 0 atom stereocenters. The molecule has 0 saturated carbocycles. The van der Waals surface area contributed by atoms with E-state index in [1.165, 1.54) is 12.1 Å². The van der Waals surface area contributed by atoms with Crippen molar-refractivity contribution in [3.8, 4) is 0 Å². The molecule has 0 aliphatic carbocycles. The van der Waals surface area contributed by atoms with Crippen LogP contribution < -0.4 is 17.4 Å². The Morgan fingerprint density at radius 3 is 2.86 bits per heavy atom. The minimum atomic E-state index is -0.407. The van der Waals surface area contributed by atoms with E-state index < -0.39 is 4.92 Å². The number of nitrogens with one attached hydrogen (secondary N) is 2. The van der Waals surface area contributed by atoms with E-state index in [9.17, 15) is 10.1 Å². The molecule has 0 fully saturated rings. The first-order chi connectivity index (χ1) is 6.16. The molecular formula is C8H8ClN3O2. The molecule has 0 unspecified atom stereocenters. The largest absolute Gasteiger partial charge is 1.00 e. The van der Waals surface area contributed by atoms with Crippen molar-refractivity contribution in [2.45, 2.75) is 6.92 Å². The third-order valence-electron chi connectivity index (χ3n) is 1.86. The van der Waals surface area contributed by atoms with Crippen LogP contribution in [0.5, 0.6) is 0 Å². The number of aromatic amines is 2. The van der Waals surface area contributed by atoms with Crippen LogP contribution in [0.1, 0.15) is 5.82 Å². The predicted molar refractivity (Wildman–Crippen MR) is 46.2 cm³/mol. The molecule has 1 aromatic carbocycles. The van der Waals surface area contributed by atoms with Crippen molar-refractivity contribution >= 4 is 16.7 Å². The van der Waals surface area contributed by atoms with Crippen molar-refractivity contribution < 1.29 is 22.3 Å². The van der Waals surface area contributed by atoms with Gasteiger partial charge in [-0.2, -0.15) is 0 Å². The zero-order valence-electron chi connectivity index (χ0n) is 7.37. The van der Waals surface area contributed by atoms with E-state index >= 15 is 0 Å². The summed E-state index contributed by atoms with van der Waals surface area (Å²) in [5.41, 5.74) is 1.73. The van der Waals surface area contributed by atoms with Crippen molar-refractivity contribution in [2.75, 3.05) is 0 Å². The third kappa shape index (κ3) is 1.67.